The Kier molecular flexibility index (Phi) is 4.56. The van der Waals surface area contributed by atoms with Crippen molar-refractivity contribution in [3.8, 4) is 17.1 Å². The van der Waals surface area contributed by atoms with Crippen molar-refractivity contribution in [2.75, 3.05) is 25.5 Å². The van der Waals surface area contributed by atoms with Crippen LogP contribution in [-0.2, 0) is 0 Å². The first-order valence-electron chi connectivity index (χ1n) is 8.36. The average molecular weight is 378 g/mol. The molecule has 7 nitrogen and oxygen atoms in total. The van der Waals surface area contributed by atoms with E-state index in [2.05, 4.69) is 25.7 Å². The van der Waals surface area contributed by atoms with E-state index in [0.717, 1.165) is 0 Å². The fraction of sp³-hybridized carbons (Fsp3) is 0.353. The van der Waals surface area contributed by atoms with Crippen molar-refractivity contribution in [2.45, 2.75) is 18.6 Å². The van der Waals surface area contributed by atoms with Crippen LogP contribution in [0.25, 0.3) is 17.0 Å². The number of rotatable bonds is 5. The second-order valence-electron chi connectivity index (χ2n) is 6.15. The first kappa shape index (κ1) is 17.5. The van der Waals surface area contributed by atoms with Crippen molar-refractivity contribution in [3.05, 3.63) is 36.2 Å². The van der Waals surface area contributed by atoms with Crippen LogP contribution in [0.15, 0.2) is 30.5 Å². The number of imidazole rings is 1. The third kappa shape index (κ3) is 3.27. The summed E-state index contributed by atoms with van der Waals surface area (Å²) in [5, 5.41) is 9.99. The molecule has 2 atom stereocenters. The summed E-state index contributed by atoms with van der Waals surface area (Å²) in [6, 6.07) is 6.21. The van der Waals surface area contributed by atoms with Gasteiger partial charge in [-0.15, -0.1) is 0 Å². The van der Waals surface area contributed by atoms with Crippen LogP contribution in [0.3, 0.4) is 0 Å². The molecule has 27 heavy (non-hydrogen) atoms. The third-order valence-electron chi connectivity index (χ3n) is 4.40. The summed E-state index contributed by atoms with van der Waals surface area (Å²) >= 11 is 0. The minimum atomic E-state index is -2.79. The molecule has 1 saturated heterocycles. The van der Waals surface area contributed by atoms with Gasteiger partial charge in [-0.25, -0.2) is 27.7 Å². The van der Waals surface area contributed by atoms with Crippen LogP contribution in [0.2, 0.25) is 0 Å². The van der Waals surface area contributed by atoms with Crippen LogP contribution < -0.4 is 15.4 Å². The van der Waals surface area contributed by atoms with Crippen LogP contribution in [0.4, 0.5) is 19.0 Å². The molecule has 0 aromatic carbocycles. The quantitative estimate of drug-likeness (QED) is 0.710. The molecule has 1 fully saturated rings. The molecule has 0 amide bonds. The van der Waals surface area contributed by atoms with E-state index in [1.807, 2.05) is 0 Å². The highest BCUT2D eigenvalue weighted by Crippen LogP contribution is 2.29. The molecular weight excluding hydrogens is 361 g/mol. The van der Waals surface area contributed by atoms with Gasteiger partial charge in [0.2, 0.25) is 0 Å². The van der Waals surface area contributed by atoms with Gasteiger partial charge in [0.05, 0.1) is 25.0 Å². The highest BCUT2D eigenvalue weighted by molar-refractivity contribution is 5.62. The van der Waals surface area contributed by atoms with Gasteiger partial charge in [-0.05, 0) is 12.1 Å². The first-order valence-corrected chi connectivity index (χ1v) is 8.36. The molecule has 2 unspecified atom stereocenters. The van der Waals surface area contributed by atoms with Gasteiger partial charge in [-0.3, -0.25) is 0 Å². The number of ether oxygens (including phenoxy) is 1. The zero-order valence-electron chi connectivity index (χ0n) is 14.4. The summed E-state index contributed by atoms with van der Waals surface area (Å²) in [7, 11) is 1.30. The summed E-state index contributed by atoms with van der Waals surface area (Å²) in [6.45, 7) is 0.800. The summed E-state index contributed by atoms with van der Waals surface area (Å²) in [6.07, 6.45) is -2.30. The minimum Gasteiger partial charge on any atom is -0.494 e. The van der Waals surface area contributed by atoms with E-state index < -0.39 is 18.3 Å². The molecule has 0 aliphatic carbocycles. The molecular formula is C17H17F3N6O. The standard InChI is InChI=1S/C17H17F3N6O/c1-27-13-5-15-22-8-12(26(15)25-16(13)17(19)20)10-3-2-4-14(23-10)24-11-7-21-6-9(11)18/h2-5,8-9,11,17,21H,6-7H2,1H3,(H,23,24). The van der Waals surface area contributed by atoms with E-state index in [0.29, 0.717) is 35.9 Å². The highest BCUT2D eigenvalue weighted by Gasteiger charge is 2.27. The molecule has 0 saturated carbocycles. The molecule has 0 bridgehead atoms. The van der Waals surface area contributed by atoms with Crippen LogP contribution in [0, 0.1) is 0 Å². The molecule has 142 valence electrons. The molecule has 10 heteroatoms. The average Bonchev–Trinajstić information content (AvgIpc) is 3.26. The van der Waals surface area contributed by atoms with Crippen LogP contribution in [0.5, 0.6) is 5.75 Å². The second-order valence-corrected chi connectivity index (χ2v) is 6.15. The molecule has 1 aliphatic rings. The van der Waals surface area contributed by atoms with E-state index >= 15 is 0 Å². The number of aromatic nitrogens is 4. The molecule has 4 rings (SSSR count). The fourth-order valence-electron chi connectivity index (χ4n) is 3.04. The van der Waals surface area contributed by atoms with Crippen LogP contribution >= 0.6 is 0 Å². The van der Waals surface area contributed by atoms with Crippen molar-refractivity contribution in [3.63, 3.8) is 0 Å². The lowest BCUT2D eigenvalue weighted by atomic mass is 10.2. The Morgan fingerprint density at radius 1 is 1.33 bits per heavy atom. The van der Waals surface area contributed by atoms with E-state index in [-0.39, 0.29) is 11.8 Å². The molecule has 1 aliphatic heterocycles. The first-order chi connectivity index (χ1) is 13.1. The number of halogens is 3. The maximum absolute atomic E-state index is 13.8. The van der Waals surface area contributed by atoms with Crippen molar-refractivity contribution >= 4 is 11.5 Å². The minimum absolute atomic E-state index is 0.0271. The van der Waals surface area contributed by atoms with Crippen LogP contribution in [0.1, 0.15) is 12.1 Å². The Bertz CT molecular complexity index is 963. The second kappa shape index (κ2) is 7.03. The Morgan fingerprint density at radius 2 is 2.19 bits per heavy atom. The number of methoxy groups -OCH3 is 1. The van der Waals surface area contributed by atoms with Crippen molar-refractivity contribution < 1.29 is 17.9 Å². The molecule has 0 radical (unpaired) electrons. The van der Waals surface area contributed by atoms with E-state index in [9.17, 15) is 13.2 Å². The number of anilines is 1. The number of nitrogens with zero attached hydrogens (tertiary/aromatic N) is 4. The molecule has 4 heterocycles. The number of alkyl halides is 3. The Morgan fingerprint density at radius 3 is 2.89 bits per heavy atom. The van der Waals surface area contributed by atoms with Gasteiger partial charge in [0.15, 0.2) is 17.1 Å². The zero-order chi connectivity index (χ0) is 19.0. The van der Waals surface area contributed by atoms with Gasteiger partial charge < -0.3 is 15.4 Å². The van der Waals surface area contributed by atoms with Gasteiger partial charge in [0.25, 0.3) is 6.43 Å². The maximum atomic E-state index is 13.8. The van der Waals surface area contributed by atoms with Gasteiger partial charge in [-0.2, -0.15) is 5.10 Å². The number of nitrogens with one attached hydrogen (secondary N) is 2. The van der Waals surface area contributed by atoms with E-state index in [1.54, 1.807) is 18.2 Å². The number of fused-ring (bicyclic) bond motifs is 1. The summed E-state index contributed by atoms with van der Waals surface area (Å²) in [5.74, 6) is 0.460. The van der Waals surface area contributed by atoms with E-state index in [1.165, 1.54) is 23.9 Å². The van der Waals surface area contributed by atoms with Gasteiger partial charge in [-0.1, -0.05) is 6.07 Å². The molecule has 3 aromatic rings. The highest BCUT2D eigenvalue weighted by atomic mass is 19.3. The smallest absolute Gasteiger partial charge is 0.285 e. The Balaban J connectivity index is 1.72. The summed E-state index contributed by atoms with van der Waals surface area (Å²) in [5.41, 5.74) is 0.803. The topological polar surface area (TPSA) is 76.4 Å². The van der Waals surface area contributed by atoms with E-state index in [4.69, 9.17) is 4.74 Å². The Labute approximate surface area is 152 Å². The number of pyridine rings is 1. The number of hydrogen-bond acceptors (Lipinski definition) is 6. The summed E-state index contributed by atoms with van der Waals surface area (Å²) in [4.78, 5) is 8.65. The molecule has 2 N–H and O–H groups in total. The molecule has 3 aromatic heterocycles. The summed E-state index contributed by atoms with van der Waals surface area (Å²) < 4.78 is 46.6. The SMILES string of the molecule is COc1cc2ncc(-c3cccc(NC4CNCC4F)n3)n2nc1C(F)F. The maximum Gasteiger partial charge on any atom is 0.285 e. The monoisotopic (exact) mass is 378 g/mol. The van der Waals surface area contributed by atoms with Gasteiger partial charge in [0.1, 0.15) is 17.7 Å². The van der Waals surface area contributed by atoms with Crippen molar-refractivity contribution in [1.82, 2.24) is 24.9 Å². The van der Waals surface area contributed by atoms with Crippen molar-refractivity contribution in [1.29, 1.82) is 0 Å². The lowest BCUT2D eigenvalue weighted by Crippen LogP contribution is -2.29. The van der Waals surface area contributed by atoms with Gasteiger partial charge >= 0.3 is 0 Å². The van der Waals surface area contributed by atoms with Gasteiger partial charge in [0, 0.05) is 19.2 Å². The predicted molar refractivity (Wildman–Crippen MR) is 92.9 cm³/mol. The third-order valence-corrected chi connectivity index (χ3v) is 4.40. The largest absolute Gasteiger partial charge is 0.494 e. The predicted octanol–water partition coefficient (Wildman–Crippen LogP) is 2.46. The lowest BCUT2D eigenvalue weighted by Gasteiger charge is -2.15. The lowest BCUT2D eigenvalue weighted by molar-refractivity contribution is 0.139. The zero-order valence-corrected chi connectivity index (χ0v) is 14.4. The Hall–Kier alpha value is -2.88. The van der Waals surface area contributed by atoms with Crippen molar-refractivity contribution in [2.24, 2.45) is 0 Å². The fourth-order valence-corrected chi connectivity index (χ4v) is 3.04. The van der Waals surface area contributed by atoms with Crippen LogP contribution in [-0.4, -0.2) is 52.0 Å². The number of hydrogen-bond donors (Lipinski definition) is 2. The molecule has 0 spiro atoms. The normalized spacial score (nSPS) is 19.7.